The first-order valence-corrected chi connectivity index (χ1v) is 6.46. The maximum Gasteiger partial charge on any atom is 0.224 e. The third-order valence-corrected chi connectivity index (χ3v) is 3.38. The van der Waals surface area contributed by atoms with Crippen molar-refractivity contribution < 1.29 is 4.79 Å². The minimum atomic E-state index is 0.0655. The van der Waals surface area contributed by atoms with Crippen molar-refractivity contribution >= 4 is 38.4 Å². The highest BCUT2D eigenvalue weighted by Crippen LogP contribution is 2.32. The van der Waals surface area contributed by atoms with Gasteiger partial charge in [-0.1, -0.05) is 28.9 Å². The van der Waals surface area contributed by atoms with Crippen LogP contribution in [0.2, 0.25) is 0 Å². The third-order valence-electron chi connectivity index (χ3n) is 2.71. The molecule has 0 radical (unpaired) electrons. The molecule has 1 heterocycles. The molecule has 0 aliphatic carbocycles. The lowest BCUT2D eigenvalue weighted by Crippen LogP contribution is -2.10. The molecule has 1 aromatic heterocycles. The Kier molecular flexibility index (Phi) is 3.52. The molecule has 17 heavy (non-hydrogen) atoms. The van der Waals surface area contributed by atoms with Gasteiger partial charge < -0.3 is 9.88 Å². The number of carbonyl (C=O) groups is 1. The van der Waals surface area contributed by atoms with E-state index in [0.29, 0.717) is 6.42 Å². The number of nitrogens with one attached hydrogen (secondary N) is 1. The topological polar surface area (TPSA) is 34.0 Å². The highest BCUT2D eigenvalue weighted by atomic mass is 79.9. The molecule has 1 aromatic carbocycles. The van der Waals surface area contributed by atoms with Gasteiger partial charge in [-0.15, -0.1) is 0 Å². The largest absolute Gasteiger partial charge is 0.348 e. The highest BCUT2D eigenvalue weighted by Gasteiger charge is 2.11. The van der Waals surface area contributed by atoms with Crippen molar-refractivity contribution in [2.45, 2.75) is 19.8 Å². The zero-order valence-corrected chi connectivity index (χ0v) is 11.5. The minimum Gasteiger partial charge on any atom is -0.348 e. The molecule has 90 valence electrons. The van der Waals surface area contributed by atoms with Crippen LogP contribution in [0, 0.1) is 0 Å². The number of aromatic nitrogens is 1. The molecular formula is C13H15BrN2O. The number of halogens is 1. The Balaban J connectivity index is 2.44. The van der Waals surface area contributed by atoms with Crippen molar-refractivity contribution in [1.82, 2.24) is 4.57 Å². The summed E-state index contributed by atoms with van der Waals surface area (Å²) < 4.78 is 3.02. The maximum atomic E-state index is 11.6. The summed E-state index contributed by atoms with van der Waals surface area (Å²) in [7, 11) is 1.98. The van der Waals surface area contributed by atoms with Crippen molar-refractivity contribution in [3.63, 3.8) is 0 Å². The molecule has 1 N–H and O–H groups in total. The first kappa shape index (κ1) is 12.2. The van der Waals surface area contributed by atoms with Crippen LogP contribution < -0.4 is 5.32 Å². The number of carbonyl (C=O) groups excluding carboxylic acids is 1. The van der Waals surface area contributed by atoms with E-state index in [1.807, 2.05) is 42.9 Å². The number of amides is 1. The number of hydrogen-bond acceptors (Lipinski definition) is 1. The Labute approximate surface area is 109 Å². The van der Waals surface area contributed by atoms with Crippen molar-refractivity contribution in [1.29, 1.82) is 0 Å². The molecule has 0 aliphatic heterocycles. The molecule has 0 saturated heterocycles. The number of nitrogens with zero attached hydrogens (tertiary/aromatic N) is 1. The Morgan fingerprint density at radius 2 is 2.24 bits per heavy atom. The molecule has 0 aliphatic rings. The van der Waals surface area contributed by atoms with E-state index in [9.17, 15) is 4.79 Å². The van der Waals surface area contributed by atoms with Gasteiger partial charge in [-0.25, -0.2) is 0 Å². The van der Waals surface area contributed by atoms with Crippen LogP contribution >= 0.6 is 15.9 Å². The molecule has 0 saturated carbocycles. The van der Waals surface area contributed by atoms with E-state index in [2.05, 4.69) is 21.2 Å². The van der Waals surface area contributed by atoms with Gasteiger partial charge in [0.15, 0.2) is 0 Å². The van der Waals surface area contributed by atoms with E-state index < -0.39 is 0 Å². The van der Waals surface area contributed by atoms with Crippen LogP contribution in [0.25, 0.3) is 10.9 Å². The first-order valence-electron chi connectivity index (χ1n) is 5.67. The van der Waals surface area contributed by atoms with Gasteiger partial charge in [0.25, 0.3) is 0 Å². The van der Waals surface area contributed by atoms with Crippen LogP contribution in [0.1, 0.15) is 19.8 Å². The van der Waals surface area contributed by atoms with E-state index in [-0.39, 0.29) is 5.91 Å². The standard InChI is InChI=1S/C13H15BrN2O/c1-3-5-12(17)15-10-8-16(2)11-7-4-6-9(14)13(10)11/h4,6-8H,3,5H2,1-2H3,(H,15,17). The predicted octanol–water partition coefficient (Wildman–Crippen LogP) is 3.68. The molecule has 3 nitrogen and oxygen atoms in total. The van der Waals surface area contributed by atoms with E-state index in [4.69, 9.17) is 0 Å². The molecule has 0 unspecified atom stereocenters. The molecule has 2 rings (SSSR count). The Bertz CT molecular complexity index is 560. The fourth-order valence-electron chi connectivity index (χ4n) is 1.94. The molecule has 0 atom stereocenters. The average molecular weight is 295 g/mol. The van der Waals surface area contributed by atoms with Crippen molar-refractivity contribution in [2.75, 3.05) is 5.32 Å². The van der Waals surface area contributed by atoms with Crippen molar-refractivity contribution in [3.8, 4) is 0 Å². The van der Waals surface area contributed by atoms with Gasteiger partial charge >= 0.3 is 0 Å². The lowest BCUT2D eigenvalue weighted by atomic mass is 10.2. The number of anilines is 1. The Morgan fingerprint density at radius 3 is 2.94 bits per heavy atom. The second-order valence-electron chi connectivity index (χ2n) is 4.09. The second-order valence-corrected chi connectivity index (χ2v) is 4.94. The fourth-order valence-corrected chi connectivity index (χ4v) is 2.50. The normalized spacial score (nSPS) is 10.8. The van der Waals surface area contributed by atoms with E-state index >= 15 is 0 Å². The van der Waals surface area contributed by atoms with Crippen molar-refractivity contribution in [2.24, 2.45) is 7.05 Å². The van der Waals surface area contributed by atoms with E-state index in [1.165, 1.54) is 0 Å². The van der Waals surface area contributed by atoms with Crippen LogP contribution in [0.4, 0.5) is 5.69 Å². The van der Waals surface area contributed by atoms with E-state index in [1.54, 1.807) is 0 Å². The van der Waals surface area contributed by atoms with Gasteiger partial charge in [-0.05, 0) is 18.6 Å². The van der Waals surface area contributed by atoms with Gasteiger partial charge in [-0.2, -0.15) is 0 Å². The third kappa shape index (κ3) is 2.36. The second kappa shape index (κ2) is 4.92. The summed E-state index contributed by atoms with van der Waals surface area (Å²) in [6.45, 7) is 2.00. The zero-order chi connectivity index (χ0) is 12.4. The average Bonchev–Trinajstić information content (AvgIpc) is 2.57. The van der Waals surface area contributed by atoms with E-state index in [0.717, 1.165) is 27.5 Å². The first-order chi connectivity index (χ1) is 8.13. The highest BCUT2D eigenvalue weighted by molar-refractivity contribution is 9.10. The number of benzene rings is 1. The number of hydrogen-bond donors (Lipinski definition) is 1. The minimum absolute atomic E-state index is 0.0655. The van der Waals surface area contributed by atoms with Crippen LogP contribution in [-0.2, 0) is 11.8 Å². The molecular weight excluding hydrogens is 280 g/mol. The number of aryl methyl sites for hydroxylation is 1. The summed E-state index contributed by atoms with van der Waals surface area (Å²) in [5.74, 6) is 0.0655. The zero-order valence-electron chi connectivity index (χ0n) is 9.96. The fraction of sp³-hybridized carbons (Fsp3) is 0.308. The Hall–Kier alpha value is -1.29. The quantitative estimate of drug-likeness (QED) is 0.921. The summed E-state index contributed by atoms with van der Waals surface area (Å²) in [6.07, 6.45) is 3.36. The van der Waals surface area contributed by atoms with Gasteiger partial charge in [0.2, 0.25) is 5.91 Å². The monoisotopic (exact) mass is 294 g/mol. The lowest BCUT2D eigenvalue weighted by molar-refractivity contribution is -0.116. The van der Waals surface area contributed by atoms with Gasteiger partial charge in [0.1, 0.15) is 0 Å². The summed E-state index contributed by atoms with van der Waals surface area (Å²) in [5.41, 5.74) is 1.97. The molecule has 0 bridgehead atoms. The van der Waals surface area contributed by atoms with Gasteiger partial charge in [-0.3, -0.25) is 4.79 Å². The Morgan fingerprint density at radius 1 is 1.47 bits per heavy atom. The van der Waals surface area contributed by atoms with Gasteiger partial charge in [0, 0.05) is 29.5 Å². The molecule has 2 aromatic rings. The summed E-state index contributed by atoms with van der Waals surface area (Å²) in [5, 5.41) is 4.01. The predicted molar refractivity (Wildman–Crippen MR) is 74.2 cm³/mol. The van der Waals surface area contributed by atoms with Crippen LogP contribution in [0.15, 0.2) is 28.9 Å². The number of rotatable bonds is 3. The summed E-state index contributed by atoms with van der Waals surface area (Å²) >= 11 is 3.53. The summed E-state index contributed by atoms with van der Waals surface area (Å²) in [6, 6.07) is 6.01. The molecule has 0 spiro atoms. The van der Waals surface area contributed by atoms with Gasteiger partial charge in [0.05, 0.1) is 11.2 Å². The van der Waals surface area contributed by atoms with Crippen molar-refractivity contribution in [3.05, 3.63) is 28.9 Å². The number of fused-ring (bicyclic) bond motifs is 1. The van der Waals surface area contributed by atoms with Crippen LogP contribution in [-0.4, -0.2) is 10.5 Å². The molecule has 4 heteroatoms. The SMILES string of the molecule is CCCC(=O)Nc1cn(C)c2cccc(Br)c12. The lowest BCUT2D eigenvalue weighted by Gasteiger charge is -2.03. The smallest absolute Gasteiger partial charge is 0.224 e. The summed E-state index contributed by atoms with van der Waals surface area (Å²) in [4.78, 5) is 11.6. The molecule has 0 fully saturated rings. The molecule has 1 amide bonds. The maximum absolute atomic E-state index is 11.6. The van der Waals surface area contributed by atoms with Crippen LogP contribution in [0.3, 0.4) is 0 Å². The van der Waals surface area contributed by atoms with Crippen LogP contribution in [0.5, 0.6) is 0 Å².